The normalized spacial score (nSPS) is 14.1. The summed E-state index contributed by atoms with van der Waals surface area (Å²) < 4.78 is 5.07. The second kappa shape index (κ2) is 5.58. The number of rotatable bonds is 5. The van der Waals surface area contributed by atoms with Crippen molar-refractivity contribution in [3.8, 4) is 0 Å². The Morgan fingerprint density at radius 3 is 3.05 bits per heavy atom. The van der Waals surface area contributed by atoms with Crippen molar-refractivity contribution in [2.45, 2.75) is 25.7 Å². The van der Waals surface area contributed by atoms with E-state index in [4.69, 9.17) is 4.74 Å². The van der Waals surface area contributed by atoms with Crippen molar-refractivity contribution in [2.75, 3.05) is 11.9 Å². The molecule has 0 saturated heterocycles. The van der Waals surface area contributed by atoms with E-state index < -0.39 is 0 Å². The zero-order valence-corrected chi connectivity index (χ0v) is 11.9. The van der Waals surface area contributed by atoms with Gasteiger partial charge >= 0.3 is 5.97 Å². The fourth-order valence-electron chi connectivity index (χ4n) is 1.83. The van der Waals surface area contributed by atoms with E-state index in [1.807, 2.05) is 12.1 Å². The smallest absolute Gasteiger partial charge is 0.360 e. The lowest BCUT2D eigenvalue weighted by atomic mass is 10.4. The fraction of sp³-hybridized carbons (Fsp3) is 0.357. The van der Waals surface area contributed by atoms with E-state index in [0.717, 1.165) is 28.5 Å². The van der Waals surface area contributed by atoms with Crippen LogP contribution in [0.1, 0.15) is 41.2 Å². The Balaban J connectivity index is 1.89. The number of anilines is 2. The summed E-state index contributed by atoms with van der Waals surface area (Å²) in [7, 11) is 0. The molecule has 5 nitrogen and oxygen atoms in total. The topological polar surface area (TPSA) is 64.1 Å². The summed E-state index contributed by atoms with van der Waals surface area (Å²) in [5.41, 5.74) is 1.21. The highest BCUT2D eigenvalue weighted by Crippen LogP contribution is 2.44. The monoisotopic (exact) mass is 289 g/mol. The summed E-state index contributed by atoms with van der Waals surface area (Å²) in [6.45, 7) is 2.14. The molecule has 0 spiro atoms. The van der Waals surface area contributed by atoms with Crippen molar-refractivity contribution in [2.24, 2.45) is 0 Å². The number of pyridine rings is 1. The van der Waals surface area contributed by atoms with Crippen LogP contribution in [-0.2, 0) is 4.74 Å². The van der Waals surface area contributed by atoms with E-state index in [9.17, 15) is 4.79 Å². The van der Waals surface area contributed by atoms with Gasteiger partial charge in [-0.15, -0.1) is 11.3 Å². The second-order valence-electron chi connectivity index (χ2n) is 4.59. The summed E-state index contributed by atoms with van der Waals surface area (Å²) in [4.78, 5) is 20.5. The van der Waals surface area contributed by atoms with Gasteiger partial charge in [-0.1, -0.05) is 0 Å². The van der Waals surface area contributed by atoms with Gasteiger partial charge in [-0.25, -0.2) is 9.78 Å². The van der Waals surface area contributed by atoms with Gasteiger partial charge in [0.2, 0.25) is 0 Å². The van der Waals surface area contributed by atoms with Gasteiger partial charge in [-0.2, -0.15) is 0 Å². The summed E-state index contributed by atoms with van der Waals surface area (Å²) in [6, 6.07) is 3.74. The first-order chi connectivity index (χ1) is 9.78. The van der Waals surface area contributed by atoms with Crippen LogP contribution < -0.4 is 5.32 Å². The van der Waals surface area contributed by atoms with Gasteiger partial charge in [0.05, 0.1) is 23.5 Å². The van der Waals surface area contributed by atoms with Crippen molar-refractivity contribution in [1.29, 1.82) is 0 Å². The maximum Gasteiger partial charge on any atom is 0.360 e. The average molecular weight is 289 g/mol. The average Bonchev–Trinajstić information content (AvgIpc) is 3.22. The van der Waals surface area contributed by atoms with Crippen LogP contribution in [0.2, 0.25) is 0 Å². The van der Waals surface area contributed by atoms with Gasteiger partial charge < -0.3 is 10.1 Å². The number of carbonyl (C=O) groups is 1. The van der Waals surface area contributed by atoms with E-state index >= 15 is 0 Å². The predicted molar refractivity (Wildman–Crippen MR) is 77.6 cm³/mol. The van der Waals surface area contributed by atoms with E-state index in [1.54, 1.807) is 19.3 Å². The fourth-order valence-corrected chi connectivity index (χ4v) is 2.97. The van der Waals surface area contributed by atoms with Crippen molar-refractivity contribution in [3.05, 3.63) is 35.2 Å². The maximum atomic E-state index is 12.0. The third kappa shape index (κ3) is 2.80. The number of nitrogens with zero attached hydrogens (tertiary/aromatic N) is 2. The number of hydrogen-bond donors (Lipinski definition) is 1. The van der Waals surface area contributed by atoms with Crippen LogP contribution in [0.15, 0.2) is 24.5 Å². The highest BCUT2D eigenvalue weighted by Gasteiger charge is 2.30. The van der Waals surface area contributed by atoms with Gasteiger partial charge in [0.1, 0.15) is 5.00 Å². The van der Waals surface area contributed by atoms with Gasteiger partial charge in [-0.05, 0) is 31.9 Å². The number of nitrogens with one attached hydrogen (secondary N) is 1. The molecule has 1 N–H and O–H groups in total. The molecule has 2 aromatic rings. The van der Waals surface area contributed by atoms with Crippen LogP contribution >= 0.6 is 11.3 Å². The molecule has 2 heterocycles. The van der Waals surface area contributed by atoms with E-state index in [2.05, 4.69) is 15.3 Å². The lowest BCUT2D eigenvalue weighted by Gasteiger charge is -2.04. The van der Waals surface area contributed by atoms with Crippen molar-refractivity contribution >= 4 is 28.0 Å². The SMILES string of the molecule is CCOC(=O)c1nc(C2CC2)sc1Nc1cccnc1. The minimum atomic E-state index is -0.373. The molecule has 2 aromatic heterocycles. The zero-order chi connectivity index (χ0) is 13.9. The first-order valence-corrected chi connectivity index (χ1v) is 7.44. The molecule has 1 aliphatic carbocycles. The lowest BCUT2D eigenvalue weighted by molar-refractivity contribution is 0.0521. The Morgan fingerprint density at radius 1 is 1.55 bits per heavy atom. The van der Waals surface area contributed by atoms with Crippen LogP contribution in [0.3, 0.4) is 0 Å². The van der Waals surface area contributed by atoms with Gasteiger partial charge in [-0.3, -0.25) is 4.98 Å². The molecule has 6 heteroatoms. The molecule has 0 aromatic carbocycles. The van der Waals surface area contributed by atoms with Crippen LogP contribution in [0, 0.1) is 0 Å². The van der Waals surface area contributed by atoms with Crippen molar-refractivity contribution < 1.29 is 9.53 Å². The molecule has 104 valence electrons. The first-order valence-electron chi connectivity index (χ1n) is 6.63. The summed E-state index contributed by atoms with van der Waals surface area (Å²) in [6.07, 6.45) is 5.73. The maximum absolute atomic E-state index is 12.0. The first kappa shape index (κ1) is 13.1. The van der Waals surface area contributed by atoms with E-state index in [1.165, 1.54) is 11.3 Å². The third-order valence-corrected chi connectivity index (χ3v) is 4.09. The Labute approximate surface area is 121 Å². The van der Waals surface area contributed by atoms with Crippen molar-refractivity contribution in [1.82, 2.24) is 9.97 Å². The standard InChI is InChI=1S/C14H15N3O2S/c1-2-19-14(18)11-13(16-10-4-3-7-15-8-10)20-12(17-11)9-5-6-9/h3-4,7-9,16H,2,5-6H2,1H3. The number of esters is 1. The molecular formula is C14H15N3O2S. The number of ether oxygens (including phenoxy) is 1. The minimum absolute atomic E-state index is 0.349. The molecule has 1 saturated carbocycles. The number of aromatic nitrogens is 2. The summed E-state index contributed by atoms with van der Waals surface area (Å²) >= 11 is 1.53. The third-order valence-electron chi connectivity index (χ3n) is 2.96. The molecule has 1 aliphatic rings. The molecule has 3 rings (SSSR count). The molecule has 0 amide bonds. The van der Waals surface area contributed by atoms with Crippen LogP contribution in [0.5, 0.6) is 0 Å². The molecule has 1 fully saturated rings. The molecule has 0 unspecified atom stereocenters. The molecule has 0 aliphatic heterocycles. The quantitative estimate of drug-likeness (QED) is 0.855. The highest BCUT2D eigenvalue weighted by atomic mass is 32.1. The number of carbonyl (C=O) groups excluding carboxylic acids is 1. The molecule has 20 heavy (non-hydrogen) atoms. The highest BCUT2D eigenvalue weighted by molar-refractivity contribution is 7.16. The Morgan fingerprint density at radius 2 is 2.40 bits per heavy atom. The largest absolute Gasteiger partial charge is 0.461 e. The summed E-state index contributed by atoms with van der Waals surface area (Å²) in [5, 5.41) is 4.96. The molecule has 0 atom stereocenters. The predicted octanol–water partition coefficient (Wildman–Crippen LogP) is 3.34. The number of hydrogen-bond acceptors (Lipinski definition) is 6. The number of thiazole rings is 1. The summed E-state index contributed by atoms with van der Waals surface area (Å²) in [5.74, 6) is 0.139. The molecule has 0 radical (unpaired) electrons. The van der Waals surface area contributed by atoms with Crippen molar-refractivity contribution in [3.63, 3.8) is 0 Å². The van der Waals surface area contributed by atoms with E-state index in [0.29, 0.717) is 18.2 Å². The van der Waals surface area contributed by atoms with Crippen LogP contribution in [0.25, 0.3) is 0 Å². The van der Waals surface area contributed by atoms with Crippen LogP contribution in [-0.4, -0.2) is 22.5 Å². The van der Waals surface area contributed by atoms with Gasteiger partial charge in [0, 0.05) is 12.1 Å². The lowest BCUT2D eigenvalue weighted by Crippen LogP contribution is -2.07. The van der Waals surface area contributed by atoms with E-state index in [-0.39, 0.29) is 5.97 Å². The zero-order valence-electron chi connectivity index (χ0n) is 11.1. The second-order valence-corrected chi connectivity index (χ2v) is 5.62. The minimum Gasteiger partial charge on any atom is -0.461 e. The van der Waals surface area contributed by atoms with Crippen LogP contribution in [0.4, 0.5) is 10.7 Å². The Hall–Kier alpha value is -1.95. The Bertz CT molecular complexity index is 608. The molecule has 0 bridgehead atoms. The van der Waals surface area contributed by atoms with Gasteiger partial charge in [0.15, 0.2) is 5.69 Å². The molecular weight excluding hydrogens is 274 g/mol. The Kier molecular flexibility index (Phi) is 3.64. The van der Waals surface area contributed by atoms with Gasteiger partial charge in [0.25, 0.3) is 0 Å².